The molecule has 0 radical (unpaired) electrons. The summed E-state index contributed by atoms with van der Waals surface area (Å²) in [7, 11) is 4.19. The van der Waals surface area contributed by atoms with Gasteiger partial charge in [0.2, 0.25) is 4.77 Å². The molecular formula is C18H23N4S2+. The maximum Gasteiger partial charge on any atom is 0.202 e. The average molecular weight is 360 g/mol. The first-order chi connectivity index (χ1) is 11.5. The molecule has 2 heterocycles. The Morgan fingerprint density at radius 2 is 2.00 bits per heavy atom. The van der Waals surface area contributed by atoms with Crippen LogP contribution in [0.3, 0.4) is 0 Å². The van der Waals surface area contributed by atoms with Crippen molar-refractivity contribution in [3.05, 3.63) is 68.4 Å². The Morgan fingerprint density at radius 1 is 1.21 bits per heavy atom. The van der Waals surface area contributed by atoms with Gasteiger partial charge in [-0.05, 0) is 36.2 Å². The SMILES string of the molecule is Cc1ccccc1C[NH+](C)Cn1nc(Cc2cccs2)n(C)c1=S. The first-order valence-corrected chi connectivity index (χ1v) is 9.34. The van der Waals surface area contributed by atoms with Crippen LogP contribution in [0.5, 0.6) is 0 Å². The van der Waals surface area contributed by atoms with E-state index in [1.807, 2.05) is 16.3 Å². The number of aryl methyl sites for hydroxylation is 1. The summed E-state index contributed by atoms with van der Waals surface area (Å²) in [5, 5.41) is 6.85. The van der Waals surface area contributed by atoms with E-state index in [0.29, 0.717) is 0 Å². The minimum atomic E-state index is 0.769. The maximum absolute atomic E-state index is 5.57. The van der Waals surface area contributed by atoms with Crippen molar-refractivity contribution in [3.63, 3.8) is 0 Å². The molecule has 0 aliphatic rings. The zero-order chi connectivity index (χ0) is 17.1. The predicted molar refractivity (Wildman–Crippen MR) is 101 cm³/mol. The van der Waals surface area contributed by atoms with Crippen LogP contribution in [0.15, 0.2) is 41.8 Å². The number of nitrogens with one attached hydrogen (secondary N) is 1. The van der Waals surface area contributed by atoms with Crippen molar-refractivity contribution in [3.8, 4) is 0 Å². The van der Waals surface area contributed by atoms with E-state index in [9.17, 15) is 0 Å². The van der Waals surface area contributed by atoms with Crippen molar-refractivity contribution >= 4 is 23.6 Å². The summed E-state index contributed by atoms with van der Waals surface area (Å²) < 4.78 is 4.76. The van der Waals surface area contributed by atoms with E-state index in [1.165, 1.54) is 20.9 Å². The van der Waals surface area contributed by atoms with Crippen molar-refractivity contribution in [1.29, 1.82) is 0 Å². The molecule has 3 rings (SSSR count). The van der Waals surface area contributed by atoms with E-state index < -0.39 is 0 Å². The van der Waals surface area contributed by atoms with Crippen LogP contribution in [0.2, 0.25) is 0 Å². The largest absolute Gasteiger partial charge is 0.315 e. The summed E-state index contributed by atoms with van der Waals surface area (Å²) in [6, 6.07) is 12.8. The predicted octanol–water partition coefficient (Wildman–Crippen LogP) is 2.58. The molecule has 1 atom stereocenters. The second-order valence-electron chi connectivity index (χ2n) is 6.23. The third-order valence-electron chi connectivity index (χ3n) is 4.22. The monoisotopic (exact) mass is 359 g/mol. The molecule has 2 aromatic heterocycles. The van der Waals surface area contributed by atoms with E-state index in [0.717, 1.165) is 30.2 Å². The van der Waals surface area contributed by atoms with Crippen LogP contribution in [0.1, 0.15) is 21.8 Å². The number of quaternary nitrogens is 1. The quantitative estimate of drug-likeness (QED) is 0.685. The van der Waals surface area contributed by atoms with Gasteiger partial charge in [0.15, 0.2) is 6.67 Å². The molecule has 1 aromatic carbocycles. The number of aromatic nitrogens is 3. The summed E-state index contributed by atoms with van der Waals surface area (Å²) in [4.78, 5) is 2.67. The summed E-state index contributed by atoms with van der Waals surface area (Å²) in [6.45, 7) is 3.89. The van der Waals surface area contributed by atoms with Crippen LogP contribution >= 0.6 is 23.6 Å². The van der Waals surface area contributed by atoms with Crippen LogP contribution in [0.4, 0.5) is 0 Å². The number of benzene rings is 1. The highest BCUT2D eigenvalue weighted by atomic mass is 32.1. The zero-order valence-electron chi connectivity index (χ0n) is 14.3. The highest BCUT2D eigenvalue weighted by molar-refractivity contribution is 7.71. The fourth-order valence-electron chi connectivity index (χ4n) is 2.80. The number of thiophene rings is 1. The maximum atomic E-state index is 5.57. The summed E-state index contributed by atoms with van der Waals surface area (Å²) in [5.74, 6) is 1.02. The van der Waals surface area contributed by atoms with Crippen molar-refractivity contribution in [1.82, 2.24) is 14.3 Å². The molecule has 24 heavy (non-hydrogen) atoms. The number of nitrogens with zero attached hydrogens (tertiary/aromatic N) is 3. The van der Waals surface area contributed by atoms with Gasteiger partial charge in [-0.3, -0.25) is 0 Å². The van der Waals surface area contributed by atoms with Crippen LogP contribution in [0, 0.1) is 11.7 Å². The lowest BCUT2D eigenvalue weighted by Crippen LogP contribution is -3.07. The first kappa shape index (κ1) is 17.1. The minimum Gasteiger partial charge on any atom is -0.315 e. The fourth-order valence-corrected chi connectivity index (χ4v) is 3.72. The van der Waals surface area contributed by atoms with Crippen LogP contribution in [-0.2, 0) is 26.7 Å². The molecule has 0 spiro atoms. The van der Waals surface area contributed by atoms with Crippen molar-refractivity contribution < 1.29 is 4.90 Å². The normalized spacial score (nSPS) is 12.5. The molecule has 6 heteroatoms. The molecule has 0 aliphatic carbocycles. The highest BCUT2D eigenvalue weighted by Gasteiger charge is 2.13. The molecule has 0 bridgehead atoms. The van der Waals surface area contributed by atoms with Crippen LogP contribution < -0.4 is 4.90 Å². The van der Waals surface area contributed by atoms with Gasteiger partial charge in [0.05, 0.1) is 7.05 Å². The van der Waals surface area contributed by atoms with Crippen LogP contribution in [0.25, 0.3) is 0 Å². The Hall–Kier alpha value is -1.76. The first-order valence-electron chi connectivity index (χ1n) is 8.05. The number of hydrogen-bond donors (Lipinski definition) is 1. The zero-order valence-corrected chi connectivity index (χ0v) is 16.0. The Bertz CT molecular complexity index is 862. The lowest BCUT2D eigenvalue weighted by Gasteiger charge is -2.15. The van der Waals surface area contributed by atoms with Crippen molar-refractivity contribution in [2.75, 3.05) is 7.05 Å². The molecule has 0 saturated carbocycles. The second kappa shape index (κ2) is 7.42. The topological polar surface area (TPSA) is 27.2 Å². The van der Waals surface area contributed by atoms with E-state index >= 15 is 0 Å². The minimum absolute atomic E-state index is 0.769. The average Bonchev–Trinajstić information content (AvgIpc) is 3.15. The van der Waals surface area contributed by atoms with Gasteiger partial charge in [0, 0.05) is 23.9 Å². The van der Waals surface area contributed by atoms with Gasteiger partial charge < -0.3 is 9.47 Å². The van der Waals surface area contributed by atoms with Gasteiger partial charge >= 0.3 is 0 Å². The van der Waals surface area contributed by atoms with Gasteiger partial charge in [-0.15, -0.1) is 11.3 Å². The molecule has 1 unspecified atom stereocenters. The lowest BCUT2D eigenvalue weighted by atomic mass is 10.1. The smallest absolute Gasteiger partial charge is 0.202 e. The van der Waals surface area contributed by atoms with Crippen molar-refractivity contribution in [2.45, 2.75) is 26.6 Å². The van der Waals surface area contributed by atoms with Gasteiger partial charge in [0.25, 0.3) is 0 Å². The van der Waals surface area contributed by atoms with Gasteiger partial charge in [-0.25, -0.2) is 0 Å². The molecule has 4 nitrogen and oxygen atoms in total. The number of hydrogen-bond acceptors (Lipinski definition) is 3. The molecular weight excluding hydrogens is 336 g/mol. The number of rotatable bonds is 6. The standard InChI is InChI=1S/C18H22N4S2/c1-14-7-4-5-8-15(14)12-20(2)13-22-18(23)21(3)17(19-22)11-16-9-6-10-24-16/h4-10H,11-13H2,1-3H3/p+1. The second-order valence-corrected chi connectivity index (χ2v) is 7.63. The van der Waals surface area contributed by atoms with Gasteiger partial charge in [-0.1, -0.05) is 30.3 Å². The summed E-state index contributed by atoms with van der Waals surface area (Å²) in [6.07, 6.45) is 0.835. The molecule has 1 N–H and O–H groups in total. The molecule has 0 saturated heterocycles. The van der Waals surface area contributed by atoms with E-state index in [2.05, 4.69) is 55.7 Å². The summed E-state index contributed by atoms with van der Waals surface area (Å²) >= 11 is 7.33. The summed E-state index contributed by atoms with van der Waals surface area (Å²) in [5.41, 5.74) is 2.70. The van der Waals surface area contributed by atoms with Crippen molar-refractivity contribution in [2.24, 2.45) is 7.05 Å². The highest BCUT2D eigenvalue weighted by Crippen LogP contribution is 2.13. The van der Waals surface area contributed by atoms with Gasteiger partial charge in [0.1, 0.15) is 12.4 Å². The Kier molecular flexibility index (Phi) is 5.28. The van der Waals surface area contributed by atoms with Crippen LogP contribution in [-0.4, -0.2) is 21.4 Å². The molecule has 0 amide bonds. The Labute approximate surface area is 152 Å². The van der Waals surface area contributed by atoms with Gasteiger partial charge in [-0.2, -0.15) is 9.78 Å². The van der Waals surface area contributed by atoms with E-state index in [1.54, 1.807) is 11.3 Å². The van der Waals surface area contributed by atoms with E-state index in [4.69, 9.17) is 17.3 Å². The molecule has 3 aromatic rings. The third kappa shape index (κ3) is 3.83. The fraction of sp³-hybridized carbons (Fsp3) is 0.333. The molecule has 0 aliphatic heterocycles. The molecule has 0 fully saturated rings. The Morgan fingerprint density at radius 3 is 2.71 bits per heavy atom. The van der Waals surface area contributed by atoms with E-state index in [-0.39, 0.29) is 0 Å². The molecule has 126 valence electrons. The Balaban J connectivity index is 1.73. The lowest BCUT2D eigenvalue weighted by molar-refractivity contribution is -0.917. The third-order valence-corrected chi connectivity index (χ3v) is 5.58.